The van der Waals surface area contributed by atoms with Crippen molar-refractivity contribution < 1.29 is 23.9 Å². The van der Waals surface area contributed by atoms with Crippen LogP contribution in [0.3, 0.4) is 0 Å². The van der Waals surface area contributed by atoms with E-state index in [1.165, 1.54) is 5.56 Å². The molecule has 4 rings (SSSR count). The highest BCUT2D eigenvalue weighted by Crippen LogP contribution is 2.38. The summed E-state index contributed by atoms with van der Waals surface area (Å²) in [5.41, 5.74) is 4.44. The summed E-state index contributed by atoms with van der Waals surface area (Å²) < 4.78 is 6.40. The van der Waals surface area contributed by atoms with E-state index in [-0.39, 0.29) is 16.9 Å². The summed E-state index contributed by atoms with van der Waals surface area (Å²) in [5.74, 6) is -0.511. The quantitative estimate of drug-likeness (QED) is 0.0417. The van der Waals surface area contributed by atoms with E-state index in [2.05, 4.69) is 111 Å². The van der Waals surface area contributed by atoms with Crippen molar-refractivity contribution in [3.63, 3.8) is 0 Å². The van der Waals surface area contributed by atoms with Gasteiger partial charge in [0.1, 0.15) is 17.8 Å². The molecule has 0 aliphatic rings. The normalized spacial score (nSPS) is 13.1. The molecule has 10 heteroatoms. The fraction of sp³-hybridized carbons (Fsp3) is 0.386. The molecule has 0 radical (unpaired) electrons. The maximum absolute atomic E-state index is 13.8. The van der Waals surface area contributed by atoms with Crippen LogP contribution in [0.25, 0.3) is 0 Å². The first-order chi connectivity index (χ1) is 25.5. The molecular weight excluding hydrogens is 693 g/mol. The average Bonchev–Trinajstić information content (AvgIpc) is 3.13. The summed E-state index contributed by atoms with van der Waals surface area (Å²) in [5, 5.41) is 21.5. The minimum absolute atomic E-state index is 0.0371. The van der Waals surface area contributed by atoms with Gasteiger partial charge in [0, 0.05) is 5.69 Å². The van der Waals surface area contributed by atoms with E-state index < -0.39 is 37.9 Å². The molecular formula is C44H58N4O5Si. The van der Waals surface area contributed by atoms with Gasteiger partial charge in [-0.05, 0) is 97.7 Å². The Labute approximate surface area is 322 Å². The molecule has 3 amide bonds. The lowest BCUT2D eigenvalue weighted by molar-refractivity contribution is -0.128. The standard InChI is InChI=1S/C44H58N4O5Si/c1-31(2)39(48-42(51)52)41(50)47-38(40(49)46-36-26-28-37(29-27-36)53-54(7,8)43(4,5)6)21-15-16-30-45-44(33-17-11-9-12-18-33,34-19-13-10-14-20-34)35-24-22-32(3)23-25-35/h9-14,17-20,22-29,31,38-39,45,48H,15-16,21,30H2,1-8H3,(H,46,49)(H,47,50)(H,51,52). The number of aryl methyl sites for hydroxylation is 1. The van der Waals surface area contributed by atoms with Crippen molar-refractivity contribution in [2.45, 2.75) is 96.6 Å². The molecule has 0 heterocycles. The van der Waals surface area contributed by atoms with Crippen LogP contribution in [-0.4, -0.2) is 50.0 Å². The second-order valence-electron chi connectivity index (χ2n) is 15.9. The molecule has 0 spiro atoms. The van der Waals surface area contributed by atoms with Gasteiger partial charge in [-0.1, -0.05) is 125 Å². The van der Waals surface area contributed by atoms with Gasteiger partial charge in [0.25, 0.3) is 0 Å². The van der Waals surface area contributed by atoms with E-state index in [0.717, 1.165) is 22.4 Å². The zero-order chi connectivity index (χ0) is 39.5. The van der Waals surface area contributed by atoms with Crippen LogP contribution >= 0.6 is 0 Å². The van der Waals surface area contributed by atoms with Gasteiger partial charge in [-0.15, -0.1) is 0 Å². The number of carbonyl (C=O) groups is 3. The molecule has 0 fully saturated rings. The topological polar surface area (TPSA) is 129 Å². The van der Waals surface area contributed by atoms with Gasteiger partial charge in [0.05, 0.1) is 5.54 Å². The van der Waals surface area contributed by atoms with Crippen LogP contribution in [0.1, 0.15) is 76.1 Å². The van der Waals surface area contributed by atoms with E-state index in [9.17, 15) is 19.5 Å². The number of carboxylic acid groups (broad SMARTS) is 1. The summed E-state index contributed by atoms with van der Waals surface area (Å²) in [6.45, 7) is 17.1. The highest BCUT2D eigenvalue weighted by molar-refractivity contribution is 6.74. The number of hydrogen-bond acceptors (Lipinski definition) is 5. The lowest BCUT2D eigenvalue weighted by atomic mass is 9.76. The first-order valence-electron chi connectivity index (χ1n) is 18.9. The monoisotopic (exact) mass is 750 g/mol. The average molecular weight is 751 g/mol. The number of hydrogen-bond donors (Lipinski definition) is 5. The van der Waals surface area contributed by atoms with E-state index in [1.54, 1.807) is 26.0 Å². The minimum atomic E-state index is -2.05. The van der Waals surface area contributed by atoms with Gasteiger partial charge in [-0.2, -0.15) is 0 Å². The molecule has 288 valence electrons. The Morgan fingerprint density at radius 1 is 0.722 bits per heavy atom. The molecule has 2 atom stereocenters. The van der Waals surface area contributed by atoms with E-state index >= 15 is 0 Å². The van der Waals surface area contributed by atoms with Crippen molar-refractivity contribution in [1.29, 1.82) is 0 Å². The molecule has 5 N–H and O–H groups in total. The van der Waals surface area contributed by atoms with Crippen molar-refractivity contribution in [2.24, 2.45) is 5.92 Å². The molecule has 0 aromatic heterocycles. The van der Waals surface area contributed by atoms with Crippen LogP contribution < -0.4 is 25.7 Å². The number of anilines is 1. The maximum Gasteiger partial charge on any atom is 0.405 e. The molecule has 0 saturated carbocycles. The molecule has 4 aromatic carbocycles. The number of rotatable bonds is 17. The Balaban J connectivity index is 1.53. The van der Waals surface area contributed by atoms with Gasteiger partial charge in [-0.3, -0.25) is 14.9 Å². The van der Waals surface area contributed by atoms with Gasteiger partial charge < -0.3 is 25.5 Å². The smallest absolute Gasteiger partial charge is 0.405 e. The third-order valence-electron chi connectivity index (χ3n) is 10.4. The van der Waals surface area contributed by atoms with E-state index in [1.807, 2.05) is 48.5 Å². The van der Waals surface area contributed by atoms with Crippen LogP contribution in [0.4, 0.5) is 10.5 Å². The summed E-state index contributed by atoms with van der Waals surface area (Å²) in [6.07, 6.45) is 0.354. The number of carbonyl (C=O) groups excluding carboxylic acids is 2. The number of amides is 3. The first kappa shape index (κ1) is 41.8. The second-order valence-corrected chi connectivity index (χ2v) is 20.6. The second kappa shape index (κ2) is 18.4. The Hall–Kier alpha value is -4.93. The Morgan fingerprint density at radius 3 is 1.76 bits per heavy atom. The predicted molar refractivity (Wildman–Crippen MR) is 220 cm³/mol. The minimum Gasteiger partial charge on any atom is -0.544 e. The summed E-state index contributed by atoms with van der Waals surface area (Å²) in [6, 6.07) is 34.7. The predicted octanol–water partition coefficient (Wildman–Crippen LogP) is 8.85. The number of unbranched alkanes of at least 4 members (excludes halogenated alkanes) is 1. The maximum atomic E-state index is 13.8. The van der Waals surface area contributed by atoms with Crippen molar-refractivity contribution in [1.82, 2.24) is 16.0 Å². The highest BCUT2D eigenvalue weighted by atomic mass is 28.4. The molecule has 0 saturated heterocycles. The largest absolute Gasteiger partial charge is 0.544 e. The summed E-state index contributed by atoms with van der Waals surface area (Å²) in [7, 11) is -2.05. The van der Waals surface area contributed by atoms with Crippen molar-refractivity contribution >= 4 is 31.9 Å². The van der Waals surface area contributed by atoms with Gasteiger partial charge in [-0.25, -0.2) is 4.79 Å². The van der Waals surface area contributed by atoms with Crippen LogP contribution in [0.5, 0.6) is 5.75 Å². The highest BCUT2D eigenvalue weighted by Gasteiger charge is 2.39. The molecule has 9 nitrogen and oxygen atoms in total. The molecule has 2 unspecified atom stereocenters. The Morgan fingerprint density at radius 2 is 1.26 bits per heavy atom. The van der Waals surface area contributed by atoms with E-state index in [0.29, 0.717) is 31.5 Å². The molecule has 0 aliphatic heterocycles. The Bertz CT molecular complexity index is 1770. The summed E-state index contributed by atoms with van der Waals surface area (Å²) in [4.78, 5) is 38.7. The number of nitrogens with one attached hydrogen (secondary N) is 4. The van der Waals surface area contributed by atoms with Gasteiger partial charge in [0.2, 0.25) is 20.1 Å². The third kappa shape index (κ3) is 10.8. The van der Waals surface area contributed by atoms with Crippen LogP contribution in [-0.2, 0) is 15.1 Å². The lowest BCUT2D eigenvalue weighted by Crippen LogP contribution is -2.54. The molecule has 54 heavy (non-hydrogen) atoms. The SMILES string of the molecule is Cc1ccc(C(NCCCCC(NC(=O)C(NC(=O)O)C(C)C)C(=O)Nc2ccc(O[Si](C)(C)C(C)(C)C)cc2)(c2ccccc2)c2ccccc2)cc1. The lowest BCUT2D eigenvalue weighted by Gasteiger charge is -2.37. The third-order valence-corrected chi connectivity index (χ3v) is 14.7. The van der Waals surface area contributed by atoms with Crippen molar-refractivity contribution in [3.8, 4) is 5.75 Å². The Kier molecular flexibility index (Phi) is 14.3. The van der Waals surface area contributed by atoms with Crippen LogP contribution in [0.2, 0.25) is 18.1 Å². The fourth-order valence-corrected chi connectivity index (χ4v) is 7.25. The molecule has 0 aliphatic carbocycles. The van der Waals surface area contributed by atoms with Crippen LogP contribution in [0, 0.1) is 12.8 Å². The van der Waals surface area contributed by atoms with Crippen LogP contribution in [0.15, 0.2) is 109 Å². The van der Waals surface area contributed by atoms with Crippen molar-refractivity contribution in [3.05, 3.63) is 131 Å². The van der Waals surface area contributed by atoms with Crippen molar-refractivity contribution in [2.75, 3.05) is 11.9 Å². The zero-order valence-corrected chi connectivity index (χ0v) is 34.0. The fourth-order valence-electron chi connectivity index (χ4n) is 6.22. The number of benzene rings is 4. The first-order valence-corrected chi connectivity index (χ1v) is 21.8. The van der Waals surface area contributed by atoms with E-state index in [4.69, 9.17) is 4.43 Å². The molecule has 4 aromatic rings. The zero-order valence-electron chi connectivity index (χ0n) is 33.0. The van der Waals surface area contributed by atoms with Gasteiger partial charge >= 0.3 is 6.09 Å². The molecule has 0 bridgehead atoms. The van der Waals surface area contributed by atoms with Gasteiger partial charge in [0.15, 0.2) is 0 Å². The summed E-state index contributed by atoms with van der Waals surface area (Å²) >= 11 is 0.